The Morgan fingerprint density at radius 1 is 0.875 bits per heavy atom. The predicted octanol–water partition coefficient (Wildman–Crippen LogP) is 5.24. The lowest BCUT2D eigenvalue weighted by molar-refractivity contribution is -0.143. The van der Waals surface area contributed by atoms with Crippen molar-refractivity contribution in [2.24, 2.45) is 7.05 Å². The number of aromatic nitrogens is 7. The van der Waals surface area contributed by atoms with E-state index in [9.17, 15) is 26.3 Å². The van der Waals surface area contributed by atoms with E-state index in [1.165, 1.54) is 11.9 Å². The van der Waals surface area contributed by atoms with Crippen LogP contribution in [0.3, 0.4) is 0 Å². The second kappa shape index (κ2) is 10.9. The van der Waals surface area contributed by atoms with E-state index in [-0.39, 0.29) is 30.7 Å². The Morgan fingerprint density at radius 3 is 2.02 bits per heavy atom. The largest absolute Gasteiger partial charge is 0.416 e. The van der Waals surface area contributed by atoms with Crippen molar-refractivity contribution in [3.05, 3.63) is 52.3 Å². The molecule has 0 aliphatic carbocycles. The van der Waals surface area contributed by atoms with Gasteiger partial charge in [-0.25, -0.2) is 9.97 Å². The SMILES string of the molecule is CCc1nc2cc(CN(Cc3cc(C(F)(F)F)cc(C(F)(F)F)c3)c3nnn(C)n3)c(N(C)CC)nc2n1CC. The van der Waals surface area contributed by atoms with Gasteiger partial charge in [0, 0.05) is 38.7 Å². The first kappa shape index (κ1) is 29.1. The molecule has 0 N–H and O–H groups in total. The topological polar surface area (TPSA) is 80.8 Å². The number of tetrazole rings is 1. The molecule has 0 bridgehead atoms. The molecule has 9 nitrogen and oxygen atoms in total. The monoisotopic (exact) mass is 569 g/mol. The van der Waals surface area contributed by atoms with Gasteiger partial charge in [0.15, 0.2) is 5.65 Å². The number of benzene rings is 1. The number of imidazole rings is 1. The van der Waals surface area contributed by atoms with Crippen molar-refractivity contribution >= 4 is 22.9 Å². The average molecular weight is 570 g/mol. The van der Waals surface area contributed by atoms with Crippen molar-refractivity contribution in [2.75, 3.05) is 23.4 Å². The van der Waals surface area contributed by atoms with E-state index in [0.29, 0.717) is 54.2 Å². The molecule has 15 heteroatoms. The fraction of sp³-hybridized carbons (Fsp3) is 0.480. The fourth-order valence-corrected chi connectivity index (χ4v) is 4.46. The highest BCUT2D eigenvalue weighted by atomic mass is 19.4. The van der Waals surface area contributed by atoms with E-state index < -0.39 is 23.5 Å². The maximum atomic E-state index is 13.5. The number of hydrogen-bond acceptors (Lipinski definition) is 7. The lowest BCUT2D eigenvalue weighted by atomic mass is 10.0. The number of fused-ring (bicyclic) bond motifs is 1. The minimum absolute atomic E-state index is 0.0202. The second-order valence-electron chi connectivity index (χ2n) is 9.30. The zero-order chi connectivity index (χ0) is 29.4. The molecule has 1 aromatic carbocycles. The van der Waals surface area contributed by atoms with E-state index in [1.54, 1.807) is 0 Å². The minimum atomic E-state index is -4.97. The van der Waals surface area contributed by atoms with Gasteiger partial charge < -0.3 is 14.4 Å². The van der Waals surface area contributed by atoms with Crippen molar-refractivity contribution in [1.29, 1.82) is 0 Å². The predicted molar refractivity (Wildman–Crippen MR) is 137 cm³/mol. The summed E-state index contributed by atoms with van der Waals surface area (Å²) in [5, 5.41) is 12.0. The van der Waals surface area contributed by atoms with E-state index in [2.05, 4.69) is 15.4 Å². The number of nitrogens with zero attached hydrogens (tertiary/aromatic N) is 9. The molecule has 0 spiro atoms. The molecule has 0 radical (unpaired) electrons. The minimum Gasteiger partial charge on any atom is -0.360 e. The average Bonchev–Trinajstić information content (AvgIpc) is 3.48. The Kier molecular flexibility index (Phi) is 7.94. The van der Waals surface area contributed by atoms with Crippen LogP contribution in [-0.4, -0.2) is 48.3 Å². The number of hydrogen-bond donors (Lipinski definition) is 0. The molecule has 0 unspecified atom stereocenters. The highest BCUT2D eigenvalue weighted by molar-refractivity contribution is 5.76. The number of anilines is 2. The van der Waals surface area contributed by atoms with Crippen molar-refractivity contribution in [1.82, 2.24) is 34.7 Å². The summed E-state index contributed by atoms with van der Waals surface area (Å²) in [5.41, 5.74) is -1.02. The van der Waals surface area contributed by atoms with E-state index in [4.69, 9.17) is 9.97 Å². The lowest BCUT2D eigenvalue weighted by Gasteiger charge is -2.25. The van der Waals surface area contributed by atoms with Crippen molar-refractivity contribution < 1.29 is 26.3 Å². The molecule has 4 rings (SSSR count). The second-order valence-corrected chi connectivity index (χ2v) is 9.30. The van der Waals surface area contributed by atoms with Gasteiger partial charge in [-0.3, -0.25) is 0 Å². The summed E-state index contributed by atoms with van der Waals surface area (Å²) in [6.45, 7) is 6.84. The zero-order valence-electron chi connectivity index (χ0n) is 22.6. The molecule has 216 valence electrons. The summed E-state index contributed by atoms with van der Waals surface area (Å²) in [5.74, 6) is 1.48. The standard InChI is InChI=1S/C25H29F6N9/c1-6-20-32-19-11-16(21(37(4)7-2)33-22(19)40(20)8-3)14-39(23-34-36-38(5)35-23)13-15-9-17(24(26,27)28)12-18(10-15)25(29,30)31/h9-12H,6-8,13-14H2,1-5H3. The van der Waals surface area contributed by atoms with Crippen LogP contribution in [0.5, 0.6) is 0 Å². The van der Waals surface area contributed by atoms with Crippen LogP contribution >= 0.6 is 0 Å². The third-order valence-electron chi connectivity index (χ3n) is 6.49. The Hall–Kier alpha value is -3.91. The smallest absolute Gasteiger partial charge is 0.360 e. The normalized spacial score (nSPS) is 12.4. The van der Waals surface area contributed by atoms with Crippen LogP contribution in [0.15, 0.2) is 24.3 Å². The maximum Gasteiger partial charge on any atom is 0.416 e. The van der Waals surface area contributed by atoms with E-state index in [1.807, 2.05) is 43.4 Å². The Morgan fingerprint density at radius 2 is 1.52 bits per heavy atom. The quantitative estimate of drug-likeness (QED) is 0.255. The van der Waals surface area contributed by atoms with Crippen molar-refractivity contribution in [3.63, 3.8) is 0 Å². The van der Waals surface area contributed by atoms with E-state index >= 15 is 0 Å². The van der Waals surface area contributed by atoms with Crippen LogP contribution in [0.2, 0.25) is 0 Å². The van der Waals surface area contributed by atoms with Crippen LogP contribution in [0.25, 0.3) is 11.2 Å². The van der Waals surface area contributed by atoms with Crippen LogP contribution in [-0.2, 0) is 45.5 Å². The van der Waals surface area contributed by atoms with Crippen LogP contribution in [0.4, 0.5) is 38.1 Å². The Bertz CT molecular complexity index is 1460. The molecule has 0 saturated heterocycles. The van der Waals surface area contributed by atoms with Crippen LogP contribution < -0.4 is 9.80 Å². The highest BCUT2D eigenvalue weighted by Crippen LogP contribution is 2.37. The summed E-state index contributed by atoms with van der Waals surface area (Å²) in [6, 6.07) is 3.35. The molecule has 0 atom stereocenters. The molecule has 0 aliphatic heterocycles. The zero-order valence-corrected chi connectivity index (χ0v) is 22.6. The molecule has 3 aromatic heterocycles. The van der Waals surface area contributed by atoms with Gasteiger partial charge in [-0.15, -0.1) is 5.10 Å². The van der Waals surface area contributed by atoms with Gasteiger partial charge >= 0.3 is 12.4 Å². The van der Waals surface area contributed by atoms with Crippen molar-refractivity contribution in [3.8, 4) is 0 Å². The van der Waals surface area contributed by atoms with Gasteiger partial charge in [0.1, 0.15) is 17.2 Å². The highest BCUT2D eigenvalue weighted by Gasteiger charge is 2.37. The van der Waals surface area contributed by atoms with E-state index in [0.717, 1.165) is 10.6 Å². The third kappa shape index (κ3) is 5.97. The molecule has 3 heterocycles. The van der Waals surface area contributed by atoms with Gasteiger partial charge in [-0.05, 0) is 48.9 Å². The Balaban J connectivity index is 1.84. The maximum absolute atomic E-state index is 13.5. The van der Waals surface area contributed by atoms with Crippen molar-refractivity contribution in [2.45, 2.75) is 59.2 Å². The van der Waals surface area contributed by atoms with Gasteiger partial charge in [-0.2, -0.15) is 31.1 Å². The fourth-order valence-electron chi connectivity index (χ4n) is 4.46. The summed E-state index contributed by atoms with van der Waals surface area (Å²) in [6.07, 6.45) is -9.25. The first-order valence-corrected chi connectivity index (χ1v) is 12.6. The number of rotatable bonds is 9. The molecule has 0 amide bonds. The number of alkyl halides is 6. The van der Waals surface area contributed by atoms with Crippen LogP contribution in [0.1, 0.15) is 48.8 Å². The molecular formula is C25H29F6N9. The van der Waals surface area contributed by atoms with Crippen LogP contribution in [0, 0.1) is 0 Å². The van der Waals surface area contributed by atoms with Gasteiger partial charge in [0.2, 0.25) is 0 Å². The number of halogens is 6. The summed E-state index contributed by atoms with van der Waals surface area (Å²) in [4.78, 5) is 14.1. The molecule has 4 aromatic rings. The number of aryl methyl sites for hydroxylation is 3. The van der Waals surface area contributed by atoms with Gasteiger partial charge in [0.05, 0.1) is 24.7 Å². The Labute approximate surface area is 226 Å². The van der Waals surface area contributed by atoms with Gasteiger partial charge in [0.25, 0.3) is 5.95 Å². The first-order chi connectivity index (χ1) is 18.7. The summed E-state index contributed by atoms with van der Waals surface area (Å²) >= 11 is 0. The first-order valence-electron chi connectivity index (χ1n) is 12.6. The lowest BCUT2D eigenvalue weighted by Crippen LogP contribution is -2.27. The molecule has 0 saturated carbocycles. The summed E-state index contributed by atoms with van der Waals surface area (Å²) in [7, 11) is 3.35. The molecule has 40 heavy (non-hydrogen) atoms. The molecular weight excluding hydrogens is 540 g/mol. The number of pyridine rings is 1. The summed E-state index contributed by atoms with van der Waals surface area (Å²) < 4.78 is 83.2. The molecule has 0 fully saturated rings. The third-order valence-corrected chi connectivity index (χ3v) is 6.49. The molecule has 0 aliphatic rings. The van der Waals surface area contributed by atoms with Gasteiger partial charge in [-0.1, -0.05) is 12.0 Å².